The van der Waals surface area contributed by atoms with E-state index in [1.165, 1.54) is 24.3 Å². The lowest BCUT2D eigenvalue weighted by Crippen LogP contribution is -2.34. The molecule has 2 N–H and O–H groups in total. The van der Waals surface area contributed by atoms with Gasteiger partial charge in [0.1, 0.15) is 17.6 Å². The Hall–Kier alpha value is -3.38. The van der Waals surface area contributed by atoms with Crippen molar-refractivity contribution in [2.45, 2.75) is 50.6 Å². The number of rotatable bonds is 7. The van der Waals surface area contributed by atoms with Gasteiger partial charge in [-0.1, -0.05) is 19.1 Å². The van der Waals surface area contributed by atoms with Crippen LogP contribution >= 0.6 is 0 Å². The Morgan fingerprint density at radius 3 is 2.57 bits per heavy atom. The van der Waals surface area contributed by atoms with Crippen molar-refractivity contribution < 1.29 is 22.0 Å². The minimum absolute atomic E-state index is 0.00579. The van der Waals surface area contributed by atoms with Gasteiger partial charge in [-0.3, -0.25) is 4.79 Å². The van der Waals surface area contributed by atoms with Crippen LogP contribution in [-0.4, -0.2) is 47.5 Å². The molecule has 1 aromatic carbocycles. The number of sulfonamides is 1. The van der Waals surface area contributed by atoms with E-state index < -0.39 is 33.6 Å². The first kappa shape index (κ1) is 24.7. The summed E-state index contributed by atoms with van der Waals surface area (Å²) in [6, 6.07) is 5.83. The third-order valence-electron chi connectivity index (χ3n) is 6.30. The first-order valence-corrected chi connectivity index (χ1v) is 12.7. The SMILES string of the molecule is Cc1ccc(F)c([C@@H](C)[C@H](NS(=O)(=O)c2cccc(C(=O)N3CCCC3)n2)c2n[nH]c(=O)o2)c1C. The van der Waals surface area contributed by atoms with Crippen molar-refractivity contribution in [2.24, 2.45) is 0 Å². The zero-order chi connectivity index (χ0) is 25.3. The lowest BCUT2D eigenvalue weighted by atomic mass is 9.88. The predicted molar refractivity (Wildman–Crippen MR) is 124 cm³/mol. The van der Waals surface area contributed by atoms with E-state index >= 15 is 0 Å². The number of carbonyl (C=O) groups is 1. The van der Waals surface area contributed by atoms with Crippen LogP contribution < -0.4 is 10.5 Å². The minimum Gasteiger partial charge on any atom is -0.391 e. The second-order valence-corrected chi connectivity index (χ2v) is 10.3. The van der Waals surface area contributed by atoms with Crippen molar-refractivity contribution in [3.05, 3.63) is 75.0 Å². The molecule has 186 valence electrons. The summed E-state index contributed by atoms with van der Waals surface area (Å²) in [5, 5.41) is 5.51. The maximum Gasteiger partial charge on any atom is 0.434 e. The van der Waals surface area contributed by atoms with E-state index in [2.05, 4.69) is 19.9 Å². The second kappa shape index (κ2) is 9.70. The number of carbonyl (C=O) groups excluding carboxylic acids is 1. The van der Waals surface area contributed by atoms with E-state index in [-0.39, 0.29) is 28.1 Å². The molecular weight excluding hydrogens is 477 g/mol. The Balaban J connectivity index is 1.71. The highest BCUT2D eigenvalue weighted by Crippen LogP contribution is 2.35. The van der Waals surface area contributed by atoms with Gasteiger partial charge in [-0.15, -0.1) is 5.10 Å². The van der Waals surface area contributed by atoms with E-state index in [1.807, 2.05) is 6.92 Å². The number of likely N-dealkylation sites (tertiary alicyclic amines) is 1. The highest BCUT2D eigenvalue weighted by atomic mass is 32.2. The number of aromatic amines is 1. The number of aryl methyl sites for hydroxylation is 1. The molecule has 10 nitrogen and oxygen atoms in total. The van der Waals surface area contributed by atoms with Gasteiger partial charge >= 0.3 is 5.76 Å². The molecule has 35 heavy (non-hydrogen) atoms. The van der Waals surface area contributed by atoms with Gasteiger partial charge in [-0.05, 0) is 61.6 Å². The van der Waals surface area contributed by atoms with Gasteiger partial charge in [0.05, 0.1) is 0 Å². The fourth-order valence-electron chi connectivity index (χ4n) is 4.26. The van der Waals surface area contributed by atoms with E-state index in [4.69, 9.17) is 4.42 Å². The predicted octanol–water partition coefficient (Wildman–Crippen LogP) is 2.57. The lowest BCUT2D eigenvalue weighted by molar-refractivity contribution is 0.0786. The summed E-state index contributed by atoms with van der Waals surface area (Å²) in [4.78, 5) is 30.1. The van der Waals surface area contributed by atoms with Crippen LogP contribution in [0.1, 0.15) is 64.8 Å². The van der Waals surface area contributed by atoms with Crippen molar-refractivity contribution in [2.75, 3.05) is 13.1 Å². The largest absolute Gasteiger partial charge is 0.434 e. The number of halogens is 1. The maximum atomic E-state index is 14.9. The van der Waals surface area contributed by atoms with Crippen LogP contribution in [0.4, 0.5) is 4.39 Å². The number of hydrogen-bond acceptors (Lipinski definition) is 7. The molecule has 12 heteroatoms. The molecule has 0 bridgehead atoms. The zero-order valence-electron chi connectivity index (χ0n) is 19.5. The van der Waals surface area contributed by atoms with Gasteiger partial charge in [-0.2, -0.15) is 4.72 Å². The third-order valence-corrected chi connectivity index (χ3v) is 7.64. The lowest BCUT2D eigenvalue weighted by Gasteiger charge is -2.25. The molecule has 0 aliphatic carbocycles. The molecule has 1 fully saturated rings. The molecule has 0 unspecified atom stereocenters. The molecule has 3 aromatic rings. The Morgan fingerprint density at radius 2 is 1.91 bits per heavy atom. The standard InChI is InChI=1S/C23H26FN5O5S/c1-13-9-10-16(24)19(14(13)2)15(3)20(21-26-27-23(31)34-21)28-35(32,33)18-8-6-7-17(25-18)22(30)29-11-4-5-12-29/h6-10,15,20,28H,4-5,11-12H2,1-3H3,(H,27,31)/t15-,20+/m1/s1. The molecular formula is C23H26FN5O5S. The summed E-state index contributed by atoms with van der Waals surface area (Å²) in [5.74, 6) is -2.82. The molecule has 0 radical (unpaired) electrons. The van der Waals surface area contributed by atoms with E-state index in [0.717, 1.165) is 18.4 Å². The number of nitrogens with one attached hydrogen (secondary N) is 2. The molecule has 4 rings (SSSR count). The Labute approximate surface area is 201 Å². The van der Waals surface area contributed by atoms with Crippen LogP contribution in [0.3, 0.4) is 0 Å². The monoisotopic (exact) mass is 503 g/mol. The van der Waals surface area contributed by atoms with Crippen LogP contribution in [-0.2, 0) is 10.0 Å². The van der Waals surface area contributed by atoms with E-state index in [0.29, 0.717) is 18.7 Å². The topological polar surface area (TPSA) is 138 Å². The first-order chi connectivity index (χ1) is 16.6. The van der Waals surface area contributed by atoms with E-state index in [1.54, 1.807) is 24.8 Å². The number of pyridine rings is 1. The van der Waals surface area contributed by atoms with Crippen molar-refractivity contribution in [1.82, 2.24) is 24.8 Å². The number of nitrogens with zero attached hydrogens (tertiary/aromatic N) is 3. The van der Waals surface area contributed by atoms with Crippen molar-refractivity contribution in [3.8, 4) is 0 Å². The summed E-state index contributed by atoms with van der Waals surface area (Å²) in [6.45, 7) is 6.33. The number of amides is 1. The highest BCUT2D eigenvalue weighted by molar-refractivity contribution is 7.89. The van der Waals surface area contributed by atoms with Crippen LogP contribution in [0.2, 0.25) is 0 Å². The normalized spacial score (nSPS) is 15.8. The molecule has 1 aliphatic heterocycles. The number of hydrogen-bond donors (Lipinski definition) is 2. The molecule has 0 spiro atoms. The minimum atomic E-state index is -4.34. The summed E-state index contributed by atoms with van der Waals surface area (Å²) < 4.78 is 49.0. The third kappa shape index (κ3) is 5.03. The Kier molecular flexibility index (Phi) is 6.86. The summed E-state index contributed by atoms with van der Waals surface area (Å²) in [7, 11) is -4.34. The second-order valence-electron chi connectivity index (χ2n) is 8.60. The summed E-state index contributed by atoms with van der Waals surface area (Å²) >= 11 is 0. The van der Waals surface area contributed by atoms with Gasteiger partial charge in [0, 0.05) is 19.0 Å². The average molecular weight is 504 g/mol. The fraction of sp³-hybridized carbons (Fsp3) is 0.391. The smallest absolute Gasteiger partial charge is 0.391 e. The molecule has 1 amide bonds. The number of H-pyrrole nitrogens is 1. The number of benzene rings is 1. The Bertz CT molecular complexity index is 1410. The van der Waals surface area contributed by atoms with Crippen LogP contribution in [0.25, 0.3) is 0 Å². The molecule has 1 aliphatic rings. The molecule has 3 heterocycles. The van der Waals surface area contributed by atoms with Gasteiger partial charge in [-0.25, -0.2) is 27.7 Å². The highest BCUT2D eigenvalue weighted by Gasteiger charge is 2.34. The molecule has 2 aromatic heterocycles. The van der Waals surface area contributed by atoms with Gasteiger partial charge in [0.15, 0.2) is 5.03 Å². The average Bonchev–Trinajstić information content (AvgIpc) is 3.52. The van der Waals surface area contributed by atoms with E-state index in [9.17, 15) is 22.4 Å². The van der Waals surface area contributed by atoms with Gasteiger partial charge in [0.2, 0.25) is 5.89 Å². The fourth-order valence-corrected chi connectivity index (χ4v) is 5.50. The van der Waals surface area contributed by atoms with Crippen LogP contribution in [0.15, 0.2) is 44.6 Å². The summed E-state index contributed by atoms with van der Waals surface area (Å²) in [6.07, 6.45) is 1.77. The molecule has 2 atom stereocenters. The van der Waals surface area contributed by atoms with Gasteiger partial charge in [0.25, 0.3) is 15.9 Å². The van der Waals surface area contributed by atoms with Gasteiger partial charge < -0.3 is 9.32 Å². The molecule has 1 saturated heterocycles. The Morgan fingerprint density at radius 1 is 1.20 bits per heavy atom. The van der Waals surface area contributed by atoms with Crippen molar-refractivity contribution in [1.29, 1.82) is 0 Å². The zero-order valence-corrected chi connectivity index (χ0v) is 20.4. The number of aromatic nitrogens is 3. The first-order valence-electron chi connectivity index (χ1n) is 11.2. The molecule has 0 saturated carbocycles. The van der Waals surface area contributed by atoms with Crippen LogP contribution in [0.5, 0.6) is 0 Å². The van der Waals surface area contributed by atoms with Crippen LogP contribution in [0, 0.1) is 19.7 Å². The summed E-state index contributed by atoms with van der Waals surface area (Å²) in [5.41, 5.74) is 1.71. The van der Waals surface area contributed by atoms with Crippen molar-refractivity contribution >= 4 is 15.9 Å². The maximum absolute atomic E-state index is 14.9. The van der Waals surface area contributed by atoms with Crippen molar-refractivity contribution in [3.63, 3.8) is 0 Å². The quantitative estimate of drug-likeness (QED) is 0.505.